The van der Waals surface area contributed by atoms with E-state index in [2.05, 4.69) is 0 Å². The first kappa shape index (κ1) is 14.4. The first-order chi connectivity index (χ1) is 9.52. The number of hydrogen-bond donors (Lipinski definition) is 1. The van der Waals surface area contributed by atoms with Crippen LogP contribution < -0.4 is 4.74 Å². The van der Waals surface area contributed by atoms with Gasteiger partial charge in [-0.2, -0.15) is 0 Å². The Labute approximate surface area is 114 Å². The van der Waals surface area contributed by atoms with E-state index in [-0.39, 0.29) is 6.42 Å². The Hall–Kier alpha value is -2.01. The Kier molecular flexibility index (Phi) is 4.29. The second-order valence-electron chi connectivity index (χ2n) is 4.31. The first-order valence-electron chi connectivity index (χ1n) is 5.97. The summed E-state index contributed by atoms with van der Waals surface area (Å²) in [7, 11) is 1.46. The summed E-state index contributed by atoms with van der Waals surface area (Å²) in [6.45, 7) is 0. The van der Waals surface area contributed by atoms with Gasteiger partial charge in [-0.05, 0) is 11.6 Å². The van der Waals surface area contributed by atoms with Crippen LogP contribution in [0.25, 0.3) is 0 Å². The van der Waals surface area contributed by atoms with E-state index < -0.39 is 29.1 Å². The normalized spacial score (nSPS) is 12.2. The van der Waals surface area contributed by atoms with E-state index in [1.54, 1.807) is 24.3 Å². The van der Waals surface area contributed by atoms with E-state index >= 15 is 0 Å². The lowest BCUT2D eigenvalue weighted by Crippen LogP contribution is -2.08. The number of aliphatic hydroxyl groups is 1. The molecule has 0 heterocycles. The SMILES string of the molecule is COc1ccccc1CC(O)c1c(F)cc(F)cc1F. The van der Waals surface area contributed by atoms with E-state index in [9.17, 15) is 18.3 Å². The summed E-state index contributed by atoms with van der Waals surface area (Å²) in [6.07, 6.45) is -1.46. The number of hydrogen-bond acceptors (Lipinski definition) is 2. The second-order valence-corrected chi connectivity index (χ2v) is 4.31. The fourth-order valence-electron chi connectivity index (χ4n) is 2.05. The van der Waals surface area contributed by atoms with Gasteiger partial charge in [0.05, 0.1) is 18.8 Å². The molecular weight excluding hydrogens is 269 g/mol. The molecule has 0 spiro atoms. The molecule has 1 unspecified atom stereocenters. The number of aliphatic hydroxyl groups excluding tert-OH is 1. The third-order valence-corrected chi connectivity index (χ3v) is 2.98. The van der Waals surface area contributed by atoms with Crippen molar-refractivity contribution < 1.29 is 23.0 Å². The van der Waals surface area contributed by atoms with Gasteiger partial charge in [0.25, 0.3) is 0 Å². The van der Waals surface area contributed by atoms with E-state index in [0.717, 1.165) is 0 Å². The summed E-state index contributed by atoms with van der Waals surface area (Å²) >= 11 is 0. The molecule has 2 aromatic rings. The Morgan fingerprint density at radius 2 is 1.70 bits per heavy atom. The van der Waals surface area contributed by atoms with Gasteiger partial charge in [0.15, 0.2) is 0 Å². The lowest BCUT2D eigenvalue weighted by Gasteiger charge is -2.15. The van der Waals surface area contributed by atoms with Crippen molar-refractivity contribution in [3.63, 3.8) is 0 Å². The lowest BCUT2D eigenvalue weighted by atomic mass is 9.99. The molecule has 2 nitrogen and oxygen atoms in total. The predicted molar refractivity (Wildman–Crippen MR) is 68.0 cm³/mol. The highest BCUT2D eigenvalue weighted by Crippen LogP contribution is 2.28. The molecule has 0 bridgehead atoms. The van der Waals surface area contributed by atoms with Crippen LogP contribution in [0.4, 0.5) is 13.2 Å². The predicted octanol–water partition coefficient (Wildman–Crippen LogP) is 3.39. The van der Waals surface area contributed by atoms with Crippen molar-refractivity contribution in [1.29, 1.82) is 0 Å². The lowest BCUT2D eigenvalue weighted by molar-refractivity contribution is 0.167. The van der Waals surface area contributed by atoms with Gasteiger partial charge in [0.2, 0.25) is 0 Å². The Morgan fingerprint density at radius 3 is 2.30 bits per heavy atom. The van der Waals surface area contributed by atoms with Gasteiger partial charge in [-0.1, -0.05) is 18.2 Å². The van der Waals surface area contributed by atoms with E-state index in [0.29, 0.717) is 23.4 Å². The molecule has 0 fully saturated rings. The minimum absolute atomic E-state index is 0.0382. The van der Waals surface area contributed by atoms with Crippen LogP contribution in [-0.4, -0.2) is 12.2 Å². The topological polar surface area (TPSA) is 29.5 Å². The third kappa shape index (κ3) is 2.93. The van der Waals surface area contributed by atoms with Crippen molar-refractivity contribution in [2.24, 2.45) is 0 Å². The van der Waals surface area contributed by atoms with Gasteiger partial charge in [0.1, 0.15) is 23.2 Å². The maximum atomic E-state index is 13.6. The minimum atomic E-state index is -1.42. The van der Waals surface area contributed by atoms with Gasteiger partial charge >= 0.3 is 0 Å². The van der Waals surface area contributed by atoms with Crippen molar-refractivity contribution in [3.8, 4) is 5.75 Å². The molecule has 0 amide bonds. The van der Waals surface area contributed by atoms with Crippen LogP contribution in [0.15, 0.2) is 36.4 Å². The summed E-state index contributed by atoms with van der Waals surface area (Å²) < 4.78 is 45.1. The van der Waals surface area contributed by atoms with Gasteiger partial charge in [0, 0.05) is 18.6 Å². The van der Waals surface area contributed by atoms with Crippen molar-refractivity contribution in [3.05, 3.63) is 65.0 Å². The molecule has 0 aliphatic rings. The van der Waals surface area contributed by atoms with Gasteiger partial charge < -0.3 is 9.84 Å². The van der Waals surface area contributed by atoms with Crippen LogP contribution in [0.3, 0.4) is 0 Å². The number of rotatable bonds is 4. The van der Waals surface area contributed by atoms with Crippen molar-refractivity contribution in [1.82, 2.24) is 0 Å². The molecule has 0 aromatic heterocycles. The molecule has 106 valence electrons. The van der Waals surface area contributed by atoms with Gasteiger partial charge in [-0.3, -0.25) is 0 Å². The zero-order chi connectivity index (χ0) is 14.7. The molecule has 5 heteroatoms. The summed E-state index contributed by atoms with van der Waals surface area (Å²) in [6, 6.07) is 7.92. The Morgan fingerprint density at radius 1 is 1.10 bits per heavy atom. The molecule has 0 aliphatic heterocycles. The summed E-state index contributed by atoms with van der Waals surface area (Å²) in [5, 5.41) is 9.99. The fourth-order valence-corrected chi connectivity index (χ4v) is 2.05. The second kappa shape index (κ2) is 5.96. The molecule has 0 radical (unpaired) electrons. The summed E-state index contributed by atoms with van der Waals surface area (Å²) in [4.78, 5) is 0. The number of ether oxygens (including phenoxy) is 1. The van der Waals surface area contributed by atoms with Crippen molar-refractivity contribution in [2.75, 3.05) is 7.11 Å². The van der Waals surface area contributed by atoms with Crippen LogP contribution in [0.1, 0.15) is 17.2 Å². The third-order valence-electron chi connectivity index (χ3n) is 2.98. The average Bonchev–Trinajstić information content (AvgIpc) is 2.38. The molecule has 0 aliphatic carbocycles. The maximum absolute atomic E-state index is 13.6. The highest BCUT2D eigenvalue weighted by Gasteiger charge is 2.20. The van der Waals surface area contributed by atoms with Gasteiger partial charge in [-0.15, -0.1) is 0 Å². The van der Waals surface area contributed by atoms with Crippen LogP contribution in [0.5, 0.6) is 5.75 Å². The van der Waals surface area contributed by atoms with Gasteiger partial charge in [-0.25, -0.2) is 13.2 Å². The Balaban J connectivity index is 2.31. The number of methoxy groups -OCH3 is 1. The van der Waals surface area contributed by atoms with E-state index in [4.69, 9.17) is 4.74 Å². The monoisotopic (exact) mass is 282 g/mol. The largest absolute Gasteiger partial charge is 0.496 e. The molecule has 20 heavy (non-hydrogen) atoms. The average molecular weight is 282 g/mol. The zero-order valence-electron chi connectivity index (χ0n) is 10.7. The maximum Gasteiger partial charge on any atom is 0.134 e. The highest BCUT2D eigenvalue weighted by molar-refractivity contribution is 5.35. The van der Waals surface area contributed by atoms with E-state index in [1.165, 1.54) is 7.11 Å². The minimum Gasteiger partial charge on any atom is -0.496 e. The number of para-hydroxylation sites is 1. The molecule has 2 aromatic carbocycles. The number of halogens is 3. The number of benzene rings is 2. The summed E-state index contributed by atoms with van der Waals surface area (Å²) in [5.41, 5.74) is 0.0583. The molecule has 1 atom stereocenters. The molecule has 1 N–H and O–H groups in total. The quantitative estimate of drug-likeness (QED) is 0.931. The molecule has 0 saturated carbocycles. The molecule has 2 rings (SSSR count). The summed E-state index contributed by atoms with van der Waals surface area (Å²) in [5.74, 6) is -2.72. The Bertz CT molecular complexity index is 591. The van der Waals surface area contributed by atoms with Crippen LogP contribution in [-0.2, 0) is 6.42 Å². The standard InChI is InChI=1S/C15H13F3O2/c1-20-14-5-3-2-4-9(14)6-13(19)15-11(17)7-10(16)8-12(15)18/h2-5,7-8,13,19H,6H2,1H3. The zero-order valence-corrected chi connectivity index (χ0v) is 10.7. The molecular formula is C15H13F3O2. The van der Waals surface area contributed by atoms with Crippen molar-refractivity contribution >= 4 is 0 Å². The van der Waals surface area contributed by atoms with E-state index in [1.807, 2.05) is 0 Å². The first-order valence-corrected chi connectivity index (χ1v) is 5.97. The van der Waals surface area contributed by atoms with Crippen LogP contribution >= 0.6 is 0 Å². The van der Waals surface area contributed by atoms with Crippen LogP contribution in [0, 0.1) is 17.5 Å². The smallest absolute Gasteiger partial charge is 0.134 e. The highest BCUT2D eigenvalue weighted by atomic mass is 19.1. The fraction of sp³-hybridized carbons (Fsp3) is 0.200. The molecule has 0 saturated heterocycles. The van der Waals surface area contributed by atoms with Crippen molar-refractivity contribution in [2.45, 2.75) is 12.5 Å². The van der Waals surface area contributed by atoms with Crippen LogP contribution in [0.2, 0.25) is 0 Å².